The number of para-hydroxylation sites is 1. The Kier molecular flexibility index (Phi) is 4.66. The molecule has 2 N–H and O–H groups in total. The highest BCUT2D eigenvalue weighted by atomic mass is 35.5. The topological polar surface area (TPSA) is 96.4 Å². The number of Topliss-reactive ketones (excluding diaryl/α,β-unsaturated/α-hetero) is 1. The zero-order valence-corrected chi connectivity index (χ0v) is 19.1. The largest absolute Gasteiger partial charge is 0.444 e. The summed E-state index contributed by atoms with van der Waals surface area (Å²) in [5.41, 5.74) is 6.37. The van der Waals surface area contributed by atoms with Crippen LogP contribution in [0.2, 0.25) is 5.02 Å². The minimum Gasteiger partial charge on any atom is -0.444 e. The van der Waals surface area contributed by atoms with Gasteiger partial charge in [-0.05, 0) is 23.1 Å². The summed E-state index contributed by atoms with van der Waals surface area (Å²) in [6, 6.07) is 16.6. The van der Waals surface area contributed by atoms with Gasteiger partial charge in [0, 0.05) is 29.1 Å². The second kappa shape index (κ2) is 7.23. The molecule has 2 aromatic rings. The zero-order valence-electron chi connectivity index (χ0n) is 18.3. The second-order valence-corrected chi connectivity index (χ2v) is 9.85. The van der Waals surface area contributed by atoms with E-state index in [9.17, 15) is 14.9 Å². The maximum atomic E-state index is 14.3. The molecule has 6 nitrogen and oxygen atoms in total. The molecule has 0 unspecified atom stereocenters. The summed E-state index contributed by atoms with van der Waals surface area (Å²) in [5, 5.41) is 10.7. The summed E-state index contributed by atoms with van der Waals surface area (Å²) in [7, 11) is 0. The highest BCUT2D eigenvalue weighted by Gasteiger charge is 2.62. The van der Waals surface area contributed by atoms with Gasteiger partial charge in [0.15, 0.2) is 5.78 Å². The Hall–Kier alpha value is -3.56. The lowest BCUT2D eigenvalue weighted by Gasteiger charge is -2.41. The summed E-state index contributed by atoms with van der Waals surface area (Å²) in [6.45, 7) is 4.14. The van der Waals surface area contributed by atoms with Crippen LogP contribution in [0.15, 0.2) is 71.3 Å². The number of halogens is 1. The van der Waals surface area contributed by atoms with E-state index >= 15 is 0 Å². The van der Waals surface area contributed by atoms with Crippen molar-refractivity contribution in [2.45, 2.75) is 38.6 Å². The Morgan fingerprint density at radius 1 is 1.12 bits per heavy atom. The number of anilines is 1. The van der Waals surface area contributed by atoms with Gasteiger partial charge >= 0.3 is 0 Å². The van der Waals surface area contributed by atoms with E-state index in [0.29, 0.717) is 28.5 Å². The lowest BCUT2D eigenvalue weighted by atomic mass is 9.62. The number of allylic oxidation sites excluding steroid dienone is 1. The number of amides is 1. The molecule has 3 aliphatic rings. The number of carbonyl (C=O) groups excluding carboxylic acids is 2. The van der Waals surface area contributed by atoms with E-state index in [4.69, 9.17) is 22.1 Å². The van der Waals surface area contributed by atoms with Crippen LogP contribution in [0.25, 0.3) is 0 Å². The molecule has 1 atom stereocenters. The molecule has 2 aliphatic heterocycles. The van der Waals surface area contributed by atoms with E-state index < -0.39 is 11.3 Å². The first-order valence-electron chi connectivity index (χ1n) is 10.7. The van der Waals surface area contributed by atoms with Crippen molar-refractivity contribution in [1.82, 2.24) is 0 Å². The van der Waals surface area contributed by atoms with Crippen molar-refractivity contribution in [3.8, 4) is 6.07 Å². The number of rotatable bonds is 2. The van der Waals surface area contributed by atoms with E-state index in [-0.39, 0.29) is 41.2 Å². The maximum absolute atomic E-state index is 14.3. The molecule has 2 heterocycles. The van der Waals surface area contributed by atoms with Crippen LogP contribution in [0.3, 0.4) is 0 Å². The van der Waals surface area contributed by atoms with Crippen molar-refractivity contribution in [2.24, 2.45) is 11.1 Å². The summed E-state index contributed by atoms with van der Waals surface area (Å²) in [5.74, 6) is -0.365. The van der Waals surface area contributed by atoms with Gasteiger partial charge in [-0.15, -0.1) is 0 Å². The predicted octanol–water partition coefficient (Wildman–Crippen LogP) is 4.49. The molecule has 1 spiro atoms. The number of nitrogens with two attached hydrogens (primary N) is 1. The number of hydrogen-bond donors (Lipinski definition) is 1. The minimum atomic E-state index is -1.63. The fourth-order valence-corrected chi connectivity index (χ4v) is 5.49. The number of nitriles is 1. The van der Waals surface area contributed by atoms with Crippen LogP contribution in [0.1, 0.15) is 37.8 Å². The molecule has 1 amide bonds. The quantitative estimate of drug-likeness (QED) is 0.713. The minimum absolute atomic E-state index is 0.0478. The Morgan fingerprint density at radius 2 is 1.82 bits per heavy atom. The number of ketones is 1. The molecular formula is C26H22ClN3O3. The third-order valence-electron chi connectivity index (χ3n) is 6.63. The van der Waals surface area contributed by atoms with Gasteiger partial charge in [0.05, 0.1) is 12.1 Å². The van der Waals surface area contributed by atoms with E-state index in [1.54, 1.807) is 23.1 Å². The summed E-state index contributed by atoms with van der Waals surface area (Å²) < 4.78 is 5.82. The molecule has 0 fully saturated rings. The molecule has 0 radical (unpaired) electrons. The second-order valence-electron chi connectivity index (χ2n) is 9.44. The lowest BCUT2D eigenvalue weighted by Crippen LogP contribution is -2.50. The van der Waals surface area contributed by atoms with Crippen LogP contribution in [-0.4, -0.2) is 11.7 Å². The van der Waals surface area contributed by atoms with Gasteiger partial charge in [0.2, 0.25) is 11.8 Å². The number of nitrogens with zero attached hydrogens (tertiary/aromatic N) is 2. The third-order valence-corrected chi connectivity index (χ3v) is 7.00. The highest BCUT2D eigenvalue weighted by molar-refractivity contribution is 6.31. The van der Waals surface area contributed by atoms with Crippen molar-refractivity contribution in [1.29, 1.82) is 5.26 Å². The van der Waals surface area contributed by atoms with Gasteiger partial charge < -0.3 is 15.4 Å². The number of benzene rings is 2. The molecule has 33 heavy (non-hydrogen) atoms. The first-order chi connectivity index (χ1) is 15.7. The smallest absolute Gasteiger partial charge is 0.248 e. The standard InChI is InChI=1S/C26H22ClN3O3/c1-25(2)11-20(31)22-21(12-25)33-23(29)17(13-28)26(22)16-8-4-6-10-19(16)30(24(26)32)14-15-7-3-5-9-18(15)27/h3-10H,11-12,14,29H2,1-2H3/t26-/m1/s1. The number of ether oxygens (including phenoxy) is 1. The van der Waals surface area contributed by atoms with E-state index in [1.165, 1.54) is 0 Å². The Bertz CT molecular complexity index is 1330. The van der Waals surface area contributed by atoms with Gasteiger partial charge in [0.1, 0.15) is 22.8 Å². The Balaban J connectivity index is 1.78. The average Bonchev–Trinajstić information content (AvgIpc) is 2.98. The van der Waals surface area contributed by atoms with Gasteiger partial charge in [-0.2, -0.15) is 5.26 Å². The molecule has 1 aliphatic carbocycles. The van der Waals surface area contributed by atoms with E-state index in [0.717, 1.165) is 5.56 Å². The maximum Gasteiger partial charge on any atom is 0.248 e. The summed E-state index contributed by atoms with van der Waals surface area (Å²) in [6.07, 6.45) is 0.685. The average molecular weight is 460 g/mol. The van der Waals surface area contributed by atoms with Crippen LogP contribution >= 0.6 is 11.6 Å². The van der Waals surface area contributed by atoms with Crippen molar-refractivity contribution in [2.75, 3.05) is 4.90 Å². The lowest BCUT2D eigenvalue weighted by molar-refractivity contribution is -0.125. The van der Waals surface area contributed by atoms with E-state index in [1.807, 2.05) is 44.2 Å². The van der Waals surface area contributed by atoms with Crippen molar-refractivity contribution < 1.29 is 14.3 Å². The van der Waals surface area contributed by atoms with Crippen molar-refractivity contribution in [3.05, 3.63) is 87.5 Å². The number of fused-ring (bicyclic) bond motifs is 3. The van der Waals surface area contributed by atoms with Gasteiger partial charge in [0.25, 0.3) is 0 Å². The van der Waals surface area contributed by atoms with Crippen molar-refractivity contribution in [3.63, 3.8) is 0 Å². The van der Waals surface area contributed by atoms with Gasteiger partial charge in [-0.1, -0.05) is 61.8 Å². The van der Waals surface area contributed by atoms with Crippen LogP contribution in [-0.2, 0) is 26.3 Å². The van der Waals surface area contributed by atoms with E-state index in [2.05, 4.69) is 6.07 Å². The molecule has 166 valence electrons. The van der Waals surface area contributed by atoms with Crippen LogP contribution < -0.4 is 10.6 Å². The predicted molar refractivity (Wildman–Crippen MR) is 124 cm³/mol. The van der Waals surface area contributed by atoms with Gasteiger partial charge in [-0.25, -0.2) is 0 Å². The first-order valence-corrected chi connectivity index (χ1v) is 11.1. The fourth-order valence-electron chi connectivity index (χ4n) is 5.29. The van der Waals surface area contributed by atoms with Crippen molar-refractivity contribution >= 4 is 29.0 Å². The first kappa shape index (κ1) is 21.3. The van der Waals surface area contributed by atoms with Gasteiger partial charge in [-0.3, -0.25) is 9.59 Å². The summed E-state index contributed by atoms with van der Waals surface area (Å²) >= 11 is 6.40. The number of hydrogen-bond acceptors (Lipinski definition) is 5. The molecule has 5 rings (SSSR count). The SMILES string of the molecule is CC1(C)CC(=O)C2=C(C1)OC(N)=C(C#N)[C@@]21C(=O)N(Cc2ccccc2Cl)c2ccccc21. The highest BCUT2D eigenvalue weighted by Crippen LogP contribution is 2.57. The third kappa shape index (κ3) is 2.93. The molecule has 7 heteroatoms. The molecule has 0 saturated heterocycles. The normalized spacial score (nSPS) is 23.4. The van der Waals surface area contributed by atoms with Crippen LogP contribution in [0.5, 0.6) is 0 Å². The zero-order chi connectivity index (χ0) is 23.5. The molecule has 0 saturated carbocycles. The Morgan fingerprint density at radius 3 is 2.55 bits per heavy atom. The van der Waals surface area contributed by atoms with Crippen LogP contribution in [0.4, 0.5) is 5.69 Å². The monoisotopic (exact) mass is 459 g/mol. The molecule has 0 bridgehead atoms. The molecule has 0 aromatic heterocycles. The molecule has 2 aromatic carbocycles. The number of carbonyl (C=O) groups is 2. The Labute approximate surface area is 196 Å². The van der Waals surface area contributed by atoms with Crippen LogP contribution in [0, 0.1) is 16.7 Å². The fraction of sp³-hybridized carbons (Fsp3) is 0.269. The summed E-state index contributed by atoms with van der Waals surface area (Å²) in [4.78, 5) is 29.5. The molecular weight excluding hydrogens is 438 g/mol.